The first-order valence-electron chi connectivity index (χ1n) is 4.54. The third-order valence-electron chi connectivity index (χ3n) is 2.43. The lowest BCUT2D eigenvalue weighted by Gasteiger charge is -1.98. The molecule has 78 valence electrons. The van der Waals surface area contributed by atoms with Crippen molar-refractivity contribution in [1.29, 1.82) is 0 Å². The molecule has 1 aliphatic rings. The van der Waals surface area contributed by atoms with Crippen LogP contribution in [0.1, 0.15) is 15.9 Å². The topological polar surface area (TPSA) is 42.9 Å². The second kappa shape index (κ2) is 3.37. The molecule has 0 fully saturated rings. The van der Waals surface area contributed by atoms with Crippen molar-refractivity contribution in [3.8, 4) is 11.4 Å². The number of rotatable bonds is 0. The van der Waals surface area contributed by atoms with Gasteiger partial charge in [-0.3, -0.25) is 9.78 Å². The van der Waals surface area contributed by atoms with Crippen LogP contribution in [0, 0.1) is 0 Å². The van der Waals surface area contributed by atoms with Gasteiger partial charge < -0.3 is 0 Å². The third-order valence-corrected chi connectivity index (χ3v) is 3.08. The molecular formula is C11H4BrClN2O. The predicted molar refractivity (Wildman–Crippen MR) is 63.6 cm³/mol. The lowest BCUT2D eigenvalue weighted by Crippen LogP contribution is -1.95. The van der Waals surface area contributed by atoms with E-state index in [0.717, 1.165) is 0 Å². The van der Waals surface area contributed by atoms with E-state index in [0.29, 0.717) is 32.1 Å². The van der Waals surface area contributed by atoms with Crippen LogP contribution in [0.15, 0.2) is 29.0 Å². The van der Waals surface area contributed by atoms with Gasteiger partial charge in [0.1, 0.15) is 16.0 Å². The van der Waals surface area contributed by atoms with Gasteiger partial charge in [0.15, 0.2) is 5.78 Å². The molecule has 0 saturated heterocycles. The lowest BCUT2D eigenvalue weighted by atomic mass is 10.1. The van der Waals surface area contributed by atoms with Crippen LogP contribution in [0.2, 0.25) is 5.02 Å². The van der Waals surface area contributed by atoms with Crippen LogP contribution in [0.5, 0.6) is 0 Å². The number of carbonyl (C=O) groups excluding carboxylic acids is 1. The molecule has 0 aliphatic heterocycles. The van der Waals surface area contributed by atoms with E-state index in [1.165, 1.54) is 6.20 Å². The fraction of sp³-hybridized carbons (Fsp3) is 0. The average Bonchev–Trinajstić information content (AvgIpc) is 2.52. The zero-order valence-electron chi connectivity index (χ0n) is 7.87. The van der Waals surface area contributed by atoms with Gasteiger partial charge in [0.05, 0.1) is 16.1 Å². The monoisotopic (exact) mass is 294 g/mol. The first-order chi connectivity index (χ1) is 7.66. The molecule has 2 aromatic rings. The van der Waals surface area contributed by atoms with Gasteiger partial charge in [-0.2, -0.15) is 0 Å². The second-order valence-corrected chi connectivity index (χ2v) is 4.66. The summed E-state index contributed by atoms with van der Waals surface area (Å²) in [5.74, 6) is -0.0694. The van der Waals surface area contributed by atoms with E-state index in [1.54, 1.807) is 18.2 Å². The number of nitrogens with zero attached hydrogens (tertiary/aromatic N) is 2. The molecule has 0 N–H and O–H groups in total. The Bertz CT molecular complexity index is 627. The summed E-state index contributed by atoms with van der Waals surface area (Å²) < 4.78 is 0.684. The Balaban J connectivity index is 2.36. The SMILES string of the molecule is O=C1c2cc(Cl)cnc2-c2nc(Br)ccc21. The fourth-order valence-electron chi connectivity index (χ4n) is 1.75. The maximum Gasteiger partial charge on any atom is 0.197 e. The van der Waals surface area contributed by atoms with E-state index in [4.69, 9.17) is 11.6 Å². The third kappa shape index (κ3) is 1.30. The average molecular weight is 296 g/mol. The highest BCUT2D eigenvalue weighted by atomic mass is 79.9. The minimum atomic E-state index is -0.0694. The molecule has 0 radical (unpaired) electrons. The summed E-state index contributed by atoms with van der Waals surface area (Å²) in [5.41, 5.74) is 2.32. The standard InChI is InChI=1S/C11H4BrClN2O/c12-8-2-1-6-10(15-8)9-7(11(6)16)3-5(13)4-14-9/h1-4H. The highest BCUT2D eigenvalue weighted by Crippen LogP contribution is 2.35. The molecule has 3 rings (SSSR count). The summed E-state index contributed by atoms with van der Waals surface area (Å²) in [4.78, 5) is 20.4. The number of pyridine rings is 2. The maximum atomic E-state index is 12.0. The predicted octanol–water partition coefficient (Wildman–Crippen LogP) is 3.10. The van der Waals surface area contributed by atoms with Gasteiger partial charge in [-0.05, 0) is 34.1 Å². The summed E-state index contributed by atoms with van der Waals surface area (Å²) in [6.07, 6.45) is 1.52. The molecule has 3 nitrogen and oxygen atoms in total. The zero-order valence-corrected chi connectivity index (χ0v) is 10.2. The molecule has 0 atom stereocenters. The van der Waals surface area contributed by atoms with E-state index in [2.05, 4.69) is 25.9 Å². The molecule has 0 aromatic carbocycles. The molecule has 0 bridgehead atoms. The largest absolute Gasteiger partial charge is 0.288 e. The van der Waals surface area contributed by atoms with E-state index < -0.39 is 0 Å². The highest BCUT2D eigenvalue weighted by Gasteiger charge is 2.29. The quantitative estimate of drug-likeness (QED) is 0.599. The van der Waals surface area contributed by atoms with Crippen molar-refractivity contribution in [3.63, 3.8) is 0 Å². The number of aromatic nitrogens is 2. The van der Waals surface area contributed by atoms with E-state index in [1.807, 2.05) is 0 Å². The summed E-state index contributed by atoms with van der Waals surface area (Å²) in [5, 5.41) is 0.457. The molecule has 0 spiro atoms. The van der Waals surface area contributed by atoms with Crippen LogP contribution in [-0.2, 0) is 0 Å². The first kappa shape index (κ1) is 9.93. The number of hydrogen-bond acceptors (Lipinski definition) is 3. The summed E-state index contributed by atoms with van der Waals surface area (Å²) in [7, 11) is 0. The maximum absolute atomic E-state index is 12.0. The number of halogens is 2. The molecule has 2 heterocycles. The van der Waals surface area contributed by atoms with Gasteiger partial charge >= 0.3 is 0 Å². The Morgan fingerprint density at radius 2 is 2.00 bits per heavy atom. The van der Waals surface area contributed by atoms with Gasteiger partial charge in [0, 0.05) is 6.20 Å². The van der Waals surface area contributed by atoms with Crippen LogP contribution in [0.25, 0.3) is 11.4 Å². The smallest absolute Gasteiger partial charge is 0.197 e. The van der Waals surface area contributed by atoms with Crippen molar-refractivity contribution >= 4 is 33.3 Å². The number of carbonyl (C=O) groups is 1. The van der Waals surface area contributed by atoms with Gasteiger partial charge in [-0.25, -0.2) is 4.98 Å². The van der Waals surface area contributed by atoms with Crippen molar-refractivity contribution < 1.29 is 4.79 Å². The summed E-state index contributed by atoms with van der Waals surface area (Å²) in [6, 6.07) is 5.11. The molecule has 5 heteroatoms. The van der Waals surface area contributed by atoms with E-state index in [-0.39, 0.29) is 5.78 Å². The van der Waals surface area contributed by atoms with Gasteiger partial charge in [-0.1, -0.05) is 11.6 Å². The van der Waals surface area contributed by atoms with Crippen LogP contribution in [0.4, 0.5) is 0 Å². The van der Waals surface area contributed by atoms with Crippen molar-refractivity contribution in [3.05, 3.63) is 45.1 Å². The Morgan fingerprint density at radius 3 is 2.81 bits per heavy atom. The first-order valence-corrected chi connectivity index (χ1v) is 5.71. The van der Waals surface area contributed by atoms with Crippen LogP contribution < -0.4 is 0 Å². The minimum Gasteiger partial charge on any atom is -0.288 e. The second-order valence-electron chi connectivity index (χ2n) is 3.41. The van der Waals surface area contributed by atoms with Crippen molar-refractivity contribution in [2.45, 2.75) is 0 Å². The van der Waals surface area contributed by atoms with Crippen molar-refractivity contribution in [2.75, 3.05) is 0 Å². The summed E-state index contributed by atoms with van der Waals surface area (Å²) in [6.45, 7) is 0. The molecule has 0 unspecified atom stereocenters. The molecule has 0 saturated carbocycles. The zero-order chi connectivity index (χ0) is 11.3. The lowest BCUT2D eigenvalue weighted by molar-refractivity contribution is 0.104. The molecule has 16 heavy (non-hydrogen) atoms. The van der Waals surface area contributed by atoms with Crippen molar-refractivity contribution in [1.82, 2.24) is 9.97 Å². The van der Waals surface area contributed by atoms with Gasteiger partial charge in [0.2, 0.25) is 0 Å². The Morgan fingerprint density at radius 1 is 1.19 bits per heavy atom. The van der Waals surface area contributed by atoms with Gasteiger partial charge in [0.25, 0.3) is 0 Å². The Labute approximate surface area is 105 Å². The number of fused-ring (bicyclic) bond motifs is 3. The van der Waals surface area contributed by atoms with E-state index in [9.17, 15) is 4.79 Å². The molecular weight excluding hydrogens is 291 g/mol. The summed E-state index contributed by atoms with van der Waals surface area (Å²) >= 11 is 9.09. The minimum absolute atomic E-state index is 0.0694. The normalized spacial score (nSPS) is 12.5. The van der Waals surface area contributed by atoms with Gasteiger partial charge in [-0.15, -0.1) is 0 Å². The van der Waals surface area contributed by atoms with Crippen molar-refractivity contribution in [2.24, 2.45) is 0 Å². The number of ketones is 1. The van der Waals surface area contributed by atoms with Crippen LogP contribution >= 0.6 is 27.5 Å². The Kier molecular flexibility index (Phi) is 2.09. The molecule has 1 aliphatic carbocycles. The van der Waals surface area contributed by atoms with Crippen LogP contribution in [0.3, 0.4) is 0 Å². The fourth-order valence-corrected chi connectivity index (χ4v) is 2.21. The van der Waals surface area contributed by atoms with Crippen LogP contribution in [-0.4, -0.2) is 15.8 Å². The van der Waals surface area contributed by atoms with E-state index >= 15 is 0 Å². The Hall–Kier alpha value is -1.26. The molecule has 0 amide bonds. The highest BCUT2D eigenvalue weighted by molar-refractivity contribution is 9.10. The molecule has 2 aromatic heterocycles. The number of hydrogen-bond donors (Lipinski definition) is 0.